The molecule has 1 N–H and O–H groups in total. The monoisotopic (exact) mass is 269 g/mol. The first-order valence-corrected chi connectivity index (χ1v) is 6.48. The molecule has 0 spiro atoms. The van der Waals surface area contributed by atoms with Gasteiger partial charge >= 0.3 is 6.18 Å². The Morgan fingerprint density at radius 2 is 2.00 bits per heavy atom. The second-order valence-corrected chi connectivity index (χ2v) is 4.78. The van der Waals surface area contributed by atoms with Crippen molar-refractivity contribution >= 4 is 0 Å². The van der Waals surface area contributed by atoms with E-state index in [-0.39, 0.29) is 12.8 Å². The Hall–Kier alpha value is -0.330. The molecule has 0 bridgehead atoms. The average Bonchev–Trinajstić information content (AvgIpc) is 2.47. The van der Waals surface area contributed by atoms with Gasteiger partial charge in [-0.2, -0.15) is 13.2 Å². The van der Waals surface area contributed by atoms with E-state index in [2.05, 4.69) is 0 Å². The maximum absolute atomic E-state index is 12.7. The van der Waals surface area contributed by atoms with Gasteiger partial charge in [0.1, 0.15) is 0 Å². The van der Waals surface area contributed by atoms with Crippen molar-refractivity contribution in [2.24, 2.45) is 0 Å². The SMILES string of the molecule is CCOCCCN1CCCC(O)(C(F)(F)F)CC1. The number of hydrogen-bond donors (Lipinski definition) is 1. The van der Waals surface area contributed by atoms with E-state index in [1.807, 2.05) is 11.8 Å². The minimum absolute atomic E-state index is 0.196. The number of aliphatic hydroxyl groups is 1. The molecule has 0 saturated carbocycles. The van der Waals surface area contributed by atoms with Gasteiger partial charge in [0, 0.05) is 26.3 Å². The molecule has 1 aliphatic rings. The fraction of sp³-hybridized carbons (Fsp3) is 1.00. The molecule has 3 nitrogen and oxygen atoms in total. The van der Waals surface area contributed by atoms with Crippen molar-refractivity contribution in [2.75, 3.05) is 32.8 Å². The molecule has 108 valence electrons. The standard InChI is InChI=1S/C12H22F3NO2/c1-2-18-10-4-8-16-7-3-5-11(17,6-9-16)12(13,14)15/h17H,2-10H2,1H3. The summed E-state index contributed by atoms with van der Waals surface area (Å²) >= 11 is 0. The second kappa shape index (κ2) is 6.73. The van der Waals surface area contributed by atoms with Gasteiger partial charge in [0.05, 0.1) is 0 Å². The summed E-state index contributed by atoms with van der Waals surface area (Å²) in [6.07, 6.45) is -3.75. The molecule has 1 fully saturated rings. The maximum atomic E-state index is 12.7. The lowest BCUT2D eigenvalue weighted by Crippen LogP contribution is -2.45. The Balaban J connectivity index is 2.37. The van der Waals surface area contributed by atoms with E-state index >= 15 is 0 Å². The van der Waals surface area contributed by atoms with Crippen molar-refractivity contribution in [3.63, 3.8) is 0 Å². The number of rotatable bonds is 5. The average molecular weight is 269 g/mol. The maximum Gasteiger partial charge on any atom is 0.417 e. The molecule has 0 aromatic carbocycles. The van der Waals surface area contributed by atoms with Gasteiger partial charge in [-0.25, -0.2) is 0 Å². The first-order chi connectivity index (χ1) is 8.39. The first kappa shape index (κ1) is 15.7. The van der Waals surface area contributed by atoms with Crippen molar-refractivity contribution in [2.45, 2.75) is 44.4 Å². The fourth-order valence-corrected chi connectivity index (χ4v) is 2.22. The van der Waals surface area contributed by atoms with Crippen molar-refractivity contribution < 1.29 is 23.0 Å². The van der Waals surface area contributed by atoms with Crippen LogP contribution < -0.4 is 0 Å². The van der Waals surface area contributed by atoms with Crippen LogP contribution in [0.15, 0.2) is 0 Å². The van der Waals surface area contributed by atoms with Crippen molar-refractivity contribution in [1.29, 1.82) is 0 Å². The highest BCUT2D eigenvalue weighted by Crippen LogP contribution is 2.38. The molecule has 0 amide bonds. The van der Waals surface area contributed by atoms with Gasteiger partial charge in [0.2, 0.25) is 0 Å². The summed E-state index contributed by atoms with van der Waals surface area (Å²) in [6, 6.07) is 0. The van der Waals surface area contributed by atoms with E-state index in [0.29, 0.717) is 32.7 Å². The highest BCUT2D eigenvalue weighted by Gasteiger charge is 2.53. The third-order valence-corrected chi connectivity index (χ3v) is 3.40. The van der Waals surface area contributed by atoms with Gasteiger partial charge in [-0.1, -0.05) is 0 Å². The lowest BCUT2D eigenvalue weighted by atomic mass is 9.94. The molecule has 0 aromatic rings. The van der Waals surface area contributed by atoms with Crippen molar-refractivity contribution in [3.05, 3.63) is 0 Å². The summed E-state index contributed by atoms with van der Waals surface area (Å²) in [5.41, 5.74) is -2.50. The third-order valence-electron chi connectivity index (χ3n) is 3.40. The van der Waals surface area contributed by atoms with Gasteiger partial charge < -0.3 is 14.7 Å². The largest absolute Gasteiger partial charge is 0.417 e. The zero-order valence-electron chi connectivity index (χ0n) is 10.8. The van der Waals surface area contributed by atoms with Crippen LogP contribution in [0.25, 0.3) is 0 Å². The molecule has 0 radical (unpaired) electrons. The molecular formula is C12H22F3NO2. The topological polar surface area (TPSA) is 32.7 Å². The summed E-state index contributed by atoms with van der Waals surface area (Å²) in [5, 5.41) is 9.64. The molecule has 1 unspecified atom stereocenters. The van der Waals surface area contributed by atoms with E-state index in [1.54, 1.807) is 0 Å². The van der Waals surface area contributed by atoms with Gasteiger partial charge in [0.15, 0.2) is 5.60 Å². The van der Waals surface area contributed by atoms with Crippen LogP contribution in [0.3, 0.4) is 0 Å². The quantitative estimate of drug-likeness (QED) is 0.777. The normalized spacial score (nSPS) is 27.2. The molecule has 18 heavy (non-hydrogen) atoms. The zero-order chi connectivity index (χ0) is 13.6. The third kappa shape index (κ3) is 4.40. The van der Waals surface area contributed by atoms with E-state index in [9.17, 15) is 18.3 Å². The van der Waals surface area contributed by atoms with E-state index in [1.165, 1.54) is 0 Å². The van der Waals surface area contributed by atoms with E-state index < -0.39 is 11.8 Å². The van der Waals surface area contributed by atoms with Crippen LogP contribution in [0.4, 0.5) is 13.2 Å². The lowest BCUT2D eigenvalue weighted by molar-refractivity contribution is -0.263. The van der Waals surface area contributed by atoms with Crippen LogP contribution >= 0.6 is 0 Å². The smallest absolute Gasteiger partial charge is 0.382 e. The molecular weight excluding hydrogens is 247 g/mol. The number of alkyl halides is 3. The minimum atomic E-state index is -4.52. The molecule has 1 atom stereocenters. The Bertz CT molecular complexity index is 248. The van der Waals surface area contributed by atoms with Crippen LogP contribution in [0.5, 0.6) is 0 Å². The molecule has 1 saturated heterocycles. The predicted molar refractivity (Wildman–Crippen MR) is 62.4 cm³/mol. The molecule has 6 heteroatoms. The molecule has 1 heterocycles. The van der Waals surface area contributed by atoms with Crippen molar-refractivity contribution in [1.82, 2.24) is 4.90 Å². The highest BCUT2D eigenvalue weighted by atomic mass is 19.4. The number of halogens is 3. The summed E-state index contributed by atoms with van der Waals surface area (Å²) in [5.74, 6) is 0. The zero-order valence-corrected chi connectivity index (χ0v) is 10.8. The number of nitrogens with zero attached hydrogens (tertiary/aromatic N) is 1. The summed E-state index contributed by atoms with van der Waals surface area (Å²) in [6.45, 7) is 4.85. The van der Waals surface area contributed by atoms with Crippen LogP contribution in [0.1, 0.15) is 32.6 Å². The Morgan fingerprint density at radius 1 is 1.28 bits per heavy atom. The van der Waals surface area contributed by atoms with Crippen LogP contribution in [0, 0.1) is 0 Å². The van der Waals surface area contributed by atoms with Gasteiger partial charge in [-0.3, -0.25) is 0 Å². The number of likely N-dealkylation sites (tertiary alicyclic amines) is 1. The first-order valence-electron chi connectivity index (χ1n) is 6.48. The minimum Gasteiger partial charge on any atom is -0.382 e. The van der Waals surface area contributed by atoms with Gasteiger partial charge in [-0.05, 0) is 39.2 Å². The van der Waals surface area contributed by atoms with Crippen LogP contribution in [0.2, 0.25) is 0 Å². The van der Waals surface area contributed by atoms with Crippen molar-refractivity contribution in [3.8, 4) is 0 Å². The number of hydrogen-bond acceptors (Lipinski definition) is 3. The van der Waals surface area contributed by atoms with E-state index in [4.69, 9.17) is 4.74 Å². The van der Waals surface area contributed by atoms with Gasteiger partial charge in [-0.15, -0.1) is 0 Å². The van der Waals surface area contributed by atoms with E-state index in [0.717, 1.165) is 13.0 Å². The molecule has 0 aliphatic carbocycles. The fourth-order valence-electron chi connectivity index (χ4n) is 2.22. The second-order valence-electron chi connectivity index (χ2n) is 4.78. The Kier molecular flexibility index (Phi) is 5.88. The van der Waals surface area contributed by atoms with Crippen LogP contribution in [-0.4, -0.2) is 54.6 Å². The highest BCUT2D eigenvalue weighted by molar-refractivity contribution is 4.89. The predicted octanol–water partition coefficient (Wildman–Crippen LogP) is 2.19. The number of ether oxygens (including phenoxy) is 1. The summed E-state index contributed by atoms with van der Waals surface area (Å²) < 4.78 is 43.3. The summed E-state index contributed by atoms with van der Waals surface area (Å²) in [7, 11) is 0. The molecule has 0 aromatic heterocycles. The van der Waals surface area contributed by atoms with Gasteiger partial charge in [0.25, 0.3) is 0 Å². The Labute approximate surface area is 106 Å². The molecule has 1 rings (SSSR count). The van der Waals surface area contributed by atoms with Crippen LogP contribution in [-0.2, 0) is 4.74 Å². The molecule has 1 aliphatic heterocycles. The lowest BCUT2D eigenvalue weighted by Gasteiger charge is -2.29. The Morgan fingerprint density at radius 3 is 2.61 bits per heavy atom. The summed E-state index contributed by atoms with van der Waals surface area (Å²) in [4.78, 5) is 1.97.